The van der Waals surface area contributed by atoms with Gasteiger partial charge in [-0.25, -0.2) is 4.98 Å². The summed E-state index contributed by atoms with van der Waals surface area (Å²) in [6.07, 6.45) is 5.98. The summed E-state index contributed by atoms with van der Waals surface area (Å²) in [5.74, 6) is 1.01. The van der Waals surface area contributed by atoms with Gasteiger partial charge in [0.05, 0.1) is 5.69 Å². The van der Waals surface area contributed by atoms with Crippen LogP contribution in [0.1, 0.15) is 29.4 Å². The minimum atomic E-state index is 0.174. The maximum Gasteiger partial charge on any atom is 0.110 e. The number of aromatic nitrogens is 2. The maximum absolute atomic E-state index is 6.17. The lowest BCUT2D eigenvalue weighted by atomic mass is 10.1. The molecule has 0 fully saturated rings. The number of aryl methyl sites for hydroxylation is 2. The van der Waals surface area contributed by atoms with Gasteiger partial charge in [-0.2, -0.15) is 0 Å². The molecule has 0 saturated carbocycles. The van der Waals surface area contributed by atoms with E-state index in [1.54, 1.807) is 0 Å². The Morgan fingerprint density at radius 3 is 3.06 bits per heavy atom. The van der Waals surface area contributed by atoms with Crippen molar-refractivity contribution < 1.29 is 0 Å². The molecular formula is C13H15N3. The van der Waals surface area contributed by atoms with E-state index in [1.807, 2.05) is 19.3 Å². The first kappa shape index (κ1) is 9.60. The molecular weight excluding hydrogens is 198 g/mol. The molecule has 1 aliphatic rings. The summed E-state index contributed by atoms with van der Waals surface area (Å²) in [6, 6.07) is 6.58. The topological polar surface area (TPSA) is 43.8 Å². The monoisotopic (exact) mass is 213 g/mol. The smallest absolute Gasteiger partial charge is 0.110 e. The van der Waals surface area contributed by atoms with Crippen LogP contribution in [0.3, 0.4) is 0 Å². The van der Waals surface area contributed by atoms with Crippen molar-refractivity contribution in [1.82, 2.24) is 9.55 Å². The number of hydrogen-bond acceptors (Lipinski definition) is 2. The van der Waals surface area contributed by atoms with Crippen LogP contribution in [0.4, 0.5) is 0 Å². The normalized spacial score (nSPS) is 18.8. The second-order valence-corrected chi connectivity index (χ2v) is 4.34. The van der Waals surface area contributed by atoms with Crippen molar-refractivity contribution in [3.05, 3.63) is 47.5 Å². The molecule has 0 amide bonds. The summed E-state index contributed by atoms with van der Waals surface area (Å²) in [4.78, 5) is 4.27. The van der Waals surface area contributed by atoms with E-state index < -0.39 is 0 Å². The Morgan fingerprint density at radius 1 is 1.44 bits per heavy atom. The number of imidazole rings is 1. The minimum absolute atomic E-state index is 0.174. The number of hydrogen-bond donors (Lipinski definition) is 1. The molecule has 1 heterocycles. The molecule has 0 saturated heterocycles. The molecule has 16 heavy (non-hydrogen) atoms. The van der Waals surface area contributed by atoms with Crippen molar-refractivity contribution in [2.45, 2.75) is 25.8 Å². The van der Waals surface area contributed by atoms with Crippen molar-refractivity contribution in [3.63, 3.8) is 0 Å². The van der Waals surface area contributed by atoms with Gasteiger partial charge in [-0.15, -0.1) is 0 Å². The number of nitrogens with zero attached hydrogens (tertiary/aromatic N) is 2. The first-order chi connectivity index (χ1) is 7.77. The SMILES string of the molecule is Cc1nccn1-c1cccc2c1C(N)CC2. The van der Waals surface area contributed by atoms with Crippen LogP contribution in [0, 0.1) is 6.92 Å². The number of fused-ring (bicyclic) bond motifs is 1. The van der Waals surface area contributed by atoms with Gasteiger partial charge >= 0.3 is 0 Å². The van der Waals surface area contributed by atoms with E-state index in [0.29, 0.717) is 0 Å². The summed E-state index contributed by atoms with van der Waals surface area (Å²) in [5, 5.41) is 0. The lowest BCUT2D eigenvalue weighted by molar-refractivity contribution is 0.708. The molecule has 1 aromatic heterocycles. The van der Waals surface area contributed by atoms with Gasteiger partial charge in [-0.1, -0.05) is 12.1 Å². The van der Waals surface area contributed by atoms with Gasteiger partial charge in [0.1, 0.15) is 5.82 Å². The molecule has 0 radical (unpaired) electrons. The molecule has 3 rings (SSSR count). The highest BCUT2D eigenvalue weighted by molar-refractivity contribution is 5.50. The second-order valence-electron chi connectivity index (χ2n) is 4.34. The van der Waals surface area contributed by atoms with Crippen molar-refractivity contribution in [3.8, 4) is 5.69 Å². The van der Waals surface area contributed by atoms with Gasteiger partial charge in [0.2, 0.25) is 0 Å². The number of benzene rings is 1. The lowest BCUT2D eigenvalue weighted by Crippen LogP contribution is -2.10. The molecule has 2 N–H and O–H groups in total. The van der Waals surface area contributed by atoms with Gasteiger partial charge in [0.25, 0.3) is 0 Å². The average Bonchev–Trinajstić information content (AvgIpc) is 2.86. The molecule has 2 aromatic rings. The largest absolute Gasteiger partial charge is 0.324 e. The first-order valence-corrected chi connectivity index (χ1v) is 5.65. The van der Waals surface area contributed by atoms with Crippen molar-refractivity contribution in [1.29, 1.82) is 0 Å². The molecule has 0 spiro atoms. The molecule has 1 unspecified atom stereocenters. The standard InChI is InChI=1S/C13H15N3/c1-9-15-7-8-16(9)12-4-2-3-10-5-6-11(14)13(10)12/h2-4,7-8,11H,5-6,14H2,1H3. The third kappa shape index (κ3) is 1.28. The Morgan fingerprint density at radius 2 is 2.31 bits per heavy atom. The van der Waals surface area contributed by atoms with E-state index in [2.05, 4.69) is 27.8 Å². The third-order valence-electron chi connectivity index (χ3n) is 3.35. The molecule has 0 aliphatic heterocycles. The summed E-state index contributed by atoms with van der Waals surface area (Å²) < 4.78 is 2.12. The van der Waals surface area contributed by atoms with Crippen LogP contribution in [-0.2, 0) is 6.42 Å². The minimum Gasteiger partial charge on any atom is -0.324 e. The Bertz CT molecular complexity index is 528. The van der Waals surface area contributed by atoms with E-state index >= 15 is 0 Å². The number of rotatable bonds is 1. The van der Waals surface area contributed by atoms with E-state index in [0.717, 1.165) is 18.7 Å². The average molecular weight is 213 g/mol. The van der Waals surface area contributed by atoms with Crippen LogP contribution >= 0.6 is 0 Å². The fraction of sp³-hybridized carbons (Fsp3) is 0.308. The van der Waals surface area contributed by atoms with Crippen LogP contribution < -0.4 is 5.73 Å². The summed E-state index contributed by atoms with van der Waals surface area (Å²) >= 11 is 0. The summed E-state index contributed by atoms with van der Waals surface area (Å²) in [5.41, 5.74) is 10.0. The Kier molecular flexibility index (Phi) is 2.07. The van der Waals surface area contributed by atoms with Gasteiger partial charge in [-0.3, -0.25) is 0 Å². The molecule has 0 bridgehead atoms. The number of nitrogens with two attached hydrogens (primary N) is 1. The molecule has 3 heteroatoms. The second kappa shape index (κ2) is 3.46. The highest BCUT2D eigenvalue weighted by Crippen LogP contribution is 2.34. The van der Waals surface area contributed by atoms with Gasteiger partial charge < -0.3 is 10.3 Å². The van der Waals surface area contributed by atoms with Gasteiger partial charge in [0, 0.05) is 18.4 Å². The van der Waals surface area contributed by atoms with Crippen LogP contribution in [-0.4, -0.2) is 9.55 Å². The van der Waals surface area contributed by atoms with Gasteiger partial charge in [-0.05, 0) is 37.0 Å². The zero-order valence-corrected chi connectivity index (χ0v) is 9.35. The van der Waals surface area contributed by atoms with Crippen molar-refractivity contribution >= 4 is 0 Å². The highest BCUT2D eigenvalue weighted by Gasteiger charge is 2.22. The lowest BCUT2D eigenvalue weighted by Gasteiger charge is -2.14. The van der Waals surface area contributed by atoms with E-state index in [4.69, 9.17) is 5.73 Å². The predicted octanol–water partition coefficient (Wildman–Crippen LogP) is 2.13. The molecule has 82 valence electrons. The molecule has 1 aliphatic carbocycles. The van der Waals surface area contributed by atoms with Crippen molar-refractivity contribution in [2.24, 2.45) is 5.73 Å². The maximum atomic E-state index is 6.17. The van der Waals surface area contributed by atoms with Crippen LogP contribution in [0.25, 0.3) is 5.69 Å². The molecule has 3 nitrogen and oxygen atoms in total. The zero-order valence-electron chi connectivity index (χ0n) is 9.35. The Labute approximate surface area is 94.9 Å². The van der Waals surface area contributed by atoms with Gasteiger partial charge in [0.15, 0.2) is 0 Å². The zero-order chi connectivity index (χ0) is 11.1. The van der Waals surface area contributed by atoms with Crippen LogP contribution in [0.15, 0.2) is 30.6 Å². The molecule has 1 aromatic carbocycles. The predicted molar refractivity (Wildman–Crippen MR) is 63.6 cm³/mol. The summed E-state index contributed by atoms with van der Waals surface area (Å²) in [7, 11) is 0. The Balaban J connectivity index is 2.23. The quantitative estimate of drug-likeness (QED) is 0.788. The van der Waals surface area contributed by atoms with E-state index in [9.17, 15) is 0 Å². The van der Waals surface area contributed by atoms with Crippen LogP contribution in [0.5, 0.6) is 0 Å². The first-order valence-electron chi connectivity index (χ1n) is 5.65. The highest BCUT2D eigenvalue weighted by atomic mass is 15.1. The third-order valence-corrected chi connectivity index (χ3v) is 3.35. The van der Waals surface area contributed by atoms with E-state index in [1.165, 1.54) is 16.8 Å². The Hall–Kier alpha value is -1.61. The van der Waals surface area contributed by atoms with Crippen molar-refractivity contribution in [2.75, 3.05) is 0 Å². The van der Waals surface area contributed by atoms with E-state index in [-0.39, 0.29) is 6.04 Å². The van der Waals surface area contributed by atoms with Crippen LogP contribution in [0.2, 0.25) is 0 Å². The fourth-order valence-corrected chi connectivity index (χ4v) is 2.54. The fourth-order valence-electron chi connectivity index (χ4n) is 2.54. The molecule has 1 atom stereocenters. The summed E-state index contributed by atoms with van der Waals surface area (Å²) in [6.45, 7) is 2.01.